The number of nitrogens with one attached hydrogen (secondary N) is 1. The molecule has 1 N–H and O–H groups in total. The van der Waals surface area contributed by atoms with Crippen LogP contribution in [0.1, 0.15) is 25.2 Å². The van der Waals surface area contributed by atoms with Crippen LogP contribution in [0.5, 0.6) is 0 Å². The van der Waals surface area contributed by atoms with Crippen molar-refractivity contribution in [1.82, 2.24) is 20.1 Å². The lowest BCUT2D eigenvalue weighted by molar-refractivity contribution is 0.539. The molecular formula is C14H18BrFN4. The zero-order valence-electron chi connectivity index (χ0n) is 11.6. The van der Waals surface area contributed by atoms with Gasteiger partial charge in [0.15, 0.2) is 5.82 Å². The van der Waals surface area contributed by atoms with Gasteiger partial charge in [-0.3, -0.25) is 0 Å². The van der Waals surface area contributed by atoms with Crippen LogP contribution in [0.2, 0.25) is 0 Å². The number of benzene rings is 1. The van der Waals surface area contributed by atoms with Crippen molar-refractivity contribution in [3.05, 3.63) is 46.2 Å². The number of rotatable bonds is 6. The van der Waals surface area contributed by atoms with Crippen molar-refractivity contribution in [2.24, 2.45) is 5.92 Å². The fourth-order valence-electron chi connectivity index (χ4n) is 1.79. The Balaban J connectivity index is 1.95. The quantitative estimate of drug-likeness (QED) is 0.878. The largest absolute Gasteiger partial charge is 0.310 e. The van der Waals surface area contributed by atoms with Gasteiger partial charge in [0, 0.05) is 4.47 Å². The van der Waals surface area contributed by atoms with Crippen LogP contribution in [-0.4, -0.2) is 21.3 Å². The minimum Gasteiger partial charge on any atom is -0.310 e. The topological polar surface area (TPSA) is 42.7 Å². The number of halogens is 2. The van der Waals surface area contributed by atoms with Gasteiger partial charge in [0.1, 0.15) is 12.1 Å². The third-order valence-corrected chi connectivity index (χ3v) is 3.51. The molecule has 0 aliphatic rings. The lowest BCUT2D eigenvalue weighted by Gasteiger charge is -2.05. The molecule has 0 aliphatic heterocycles. The molecule has 0 aliphatic carbocycles. The van der Waals surface area contributed by atoms with Crippen LogP contribution in [0, 0.1) is 11.7 Å². The number of hydrogen-bond acceptors (Lipinski definition) is 3. The van der Waals surface area contributed by atoms with E-state index in [4.69, 9.17) is 0 Å². The van der Waals surface area contributed by atoms with E-state index in [1.54, 1.807) is 17.1 Å². The van der Waals surface area contributed by atoms with E-state index >= 15 is 0 Å². The molecule has 2 rings (SSSR count). The monoisotopic (exact) mass is 340 g/mol. The number of nitrogens with zero attached hydrogens (tertiary/aromatic N) is 3. The van der Waals surface area contributed by atoms with Crippen LogP contribution >= 0.6 is 15.9 Å². The maximum absolute atomic E-state index is 13.0. The van der Waals surface area contributed by atoms with Gasteiger partial charge in [-0.2, -0.15) is 5.10 Å². The molecule has 2 aromatic rings. The van der Waals surface area contributed by atoms with Crippen molar-refractivity contribution in [3.63, 3.8) is 0 Å². The van der Waals surface area contributed by atoms with Crippen molar-refractivity contribution < 1.29 is 4.39 Å². The summed E-state index contributed by atoms with van der Waals surface area (Å²) in [7, 11) is 0. The van der Waals surface area contributed by atoms with Crippen LogP contribution < -0.4 is 5.32 Å². The van der Waals surface area contributed by atoms with E-state index in [9.17, 15) is 4.39 Å². The summed E-state index contributed by atoms with van der Waals surface area (Å²) in [6.07, 6.45) is 1.70. The first-order valence-corrected chi connectivity index (χ1v) is 7.37. The first kappa shape index (κ1) is 15.1. The average Bonchev–Trinajstić information content (AvgIpc) is 2.80. The standard InChI is InChI=1S/C14H18BrFN4/c1-10(2)6-17-7-14-18-9-20(19-14)8-11-3-4-12(16)5-13(11)15/h3-5,9-10,17H,6-8H2,1-2H3. The highest BCUT2D eigenvalue weighted by atomic mass is 79.9. The van der Waals surface area contributed by atoms with Gasteiger partial charge in [-0.05, 0) is 30.2 Å². The Hall–Kier alpha value is -1.27. The van der Waals surface area contributed by atoms with Gasteiger partial charge >= 0.3 is 0 Å². The molecule has 0 fully saturated rings. The van der Waals surface area contributed by atoms with Crippen LogP contribution in [0.3, 0.4) is 0 Å². The molecule has 0 saturated carbocycles. The summed E-state index contributed by atoms with van der Waals surface area (Å²) in [4.78, 5) is 4.26. The molecule has 6 heteroatoms. The Kier molecular flexibility index (Phi) is 5.25. The molecule has 108 valence electrons. The summed E-state index contributed by atoms with van der Waals surface area (Å²) < 4.78 is 15.5. The molecular weight excluding hydrogens is 323 g/mol. The van der Waals surface area contributed by atoms with Gasteiger partial charge < -0.3 is 5.32 Å². The molecule has 0 bridgehead atoms. The predicted octanol–water partition coefficient (Wildman–Crippen LogP) is 2.97. The molecule has 0 radical (unpaired) electrons. The second kappa shape index (κ2) is 6.95. The summed E-state index contributed by atoms with van der Waals surface area (Å²) in [6.45, 7) is 6.49. The third-order valence-electron chi connectivity index (χ3n) is 2.77. The first-order valence-electron chi connectivity index (χ1n) is 6.57. The molecule has 0 amide bonds. The highest BCUT2D eigenvalue weighted by Crippen LogP contribution is 2.18. The van der Waals surface area contributed by atoms with E-state index in [1.807, 2.05) is 0 Å². The zero-order valence-corrected chi connectivity index (χ0v) is 13.2. The van der Waals surface area contributed by atoms with Crippen molar-refractivity contribution >= 4 is 15.9 Å². The Labute approximate surface area is 126 Å². The van der Waals surface area contributed by atoms with Crippen molar-refractivity contribution in [3.8, 4) is 0 Å². The SMILES string of the molecule is CC(C)CNCc1ncn(Cc2ccc(F)cc2Br)n1. The van der Waals surface area contributed by atoms with Gasteiger partial charge in [0.2, 0.25) is 0 Å². The first-order chi connectivity index (χ1) is 9.54. The van der Waals surface area contributed by atoms with Crippen LogP contribution in [0.4, 0.5) is 4.39 Å². The van der Waals surface area contributed by atoms with E-state index in [2.05, 4.69) is 45.2 Å². The molecule has 4 nitrogen and oxygen atoms in total. The van der Waals surface area contributed by atoms with Gasteiger partial charge in [-0.15, -0.1) is 0 Å². The fraction of sp³-hybridized carbons (Fsp3) is 0.429. The van der Waals surface area contributed by atoms with Crippen LogP contribution in [-0.2, 0) is 13.1 Å². The van der Waals surface area contributed by atoms with Crippen molar-refractivity contribution in [1.29, 1.82) is 0 Å². The molecule has 1 aromatic carbocycles. The van der Waals surface area contributed by atoms with E-state index in [-0.39, 0.29) is 5.82 Å². The molecule has 0 atom stereocenters. The Morgan fingerprint density at radius 3 is 2.90 bits per heavy atom. The Morgan fingerprint density at radius 1 is 1.40 bits per heavy atom. The third kappa shape index (κ3) is 4.38. The van der Waals surface area contributed by atoms with Gasteiger partial charge in [-0.25, -0.2) is 14.1 Å². The highest BCUT2D eigenvalue weighted by Gasteiger charge is 2.05. The predicted molar refractivity (Wildman–Crippen MR) is 79.8 cm³/mol. The molecule has 1 heterocycles. The minimum atomic E-state index is -0.252. The normalized spacial score (nSPS) is 11.2. The van der Waals surface area contributed by atoms with E-state index in [0.717, 1.165) is 22.4 Å². The average molecular weight is 341 g/mol. The van der Waals surface area contributed by atoms with Gasteiger partial charge in [-0.1, -0.05) is 35.8 Å². The second-order valence-electron chi connectivity index (χ2n) is 5.12. The maximum Gasteiger partial charge on any atom is 0.164 e. The van der Waals surface area contributed by atoms with Crippen LogP contribution in [0.25, 0.3) is 0 Å². The summed E-state index contributed by atoms with van der Waals surface area (Å²) in [5.74, 6) is 1.12. The van der Waals surface area contributed by atoms with Gasteiger partial charge in [0.25, 0.3) is 0 Å². The fourth-order valence-corrected chi connectivity index (χ4v) is 2.26. The smallest absolute Gasteiger partial charge is 0.164 e. The lowest BCUT2D eigenvalue weighted by atomic mass is 10.2. The Bertz CT molecular complexity index is 568. The molecule has 0 unspecified atom stereocenters. The summed E-state index contributed by atoms with van der Waals surface area (Å²) in [5, 5.41) is 7.69. The van der Waals surface area contributed by atoms with E-state index in [1.165, 1.54) is 12.1 Å². The summed E-state index contributed by atoms with van der Waals surface area (Å²) in [6, 6.07) is 4.65. The number of hydrogen-bond donors (Lipinski definition) is 1. The molecule has 0 saturated heterocycles. The van der Waals surface area contributed by atoms with E-state index in [0.29, 0.717) is 19.0 Å². The van der Waals surface area contributed by atoms with Gasteiger partial charge in [0.05, 0.1) is 13.1 Å². The highest BCUT2D eigenvalue weighted by molar-refractivity contribution is 9.10. The maximum atomic E-state index is 13.0. The lowest BCUT2D eigenvalue weighted by Crippen LogP contribution is -2.19. The summed E-state index contributed by atoms with van der Waals surface area (Å²) >= 11 is 3.36. The van der Waals surface area contributed by atoms with E-state index < -0.39 is 0 Å². The van der Waals surface area contributed by atoms with Crippen LogP contribution in [0.15, 0.2) is 29.0 Å². The van der Waals surface area contributed by atoms with Crippen molar-refractivity contribution in [2.45, 2.75) is 26.9 Å². The minimum absolute atomic E-state index is 0.252. The zero-order chi connectivity index (χ0) is 14.5. The Morgan fingerprint density at radius 2 is 2.20 bits per heavy atom. The number of aromatic nitrogens is 3. The second-order valence-corrected chi connectivity index (χ2v) is 5.97. The van der Waals surface area contributed by atoms with Crippen molar-refractivity contribution in [2.75, 3.05) is 6.54 Å². The molecule has 0 spiro atoms. The summed E-state index contributed by atoms with van der Waals surface area (Å²) in [5.41, 5.74) is 0.970. The molecule has 1 aromatic heterocycles. The molecule has 20 heavy (non-hydrogen) atoms.